The summed E-state index contributed by atoms with van der Waals surface area (Å²) in [6.45, 7) is 8.89. The van der Waals surface area contributed by atoms with E-state index >= 15 is 0 Å². The highest BCUT2D eigenvalue weighted by Crippen LogP contribution is 2.32. The highest BCUT2D eigenvalue weighted by Gasteiger charge is 2.42. The number of carbonyl (C=O) groups excluding carboxylic acids is 1. The number of aromatic amines is 1. The van der Waals surface area contributed by atoms with Crippen molar-refractivity contribution in [3.63, 3.8) is 0 Å². The van der Waals surface area contributed by atoms with Gasteiger partial charge in [-0.2, -0.15) is 0 Å². The molecule has 0 aliphatic carbocycles. The van der Waals surface area contributed by atoms with E-state index in [0.717, 1.165) is 10.9 Å². The van der Waals surface area contributed by atoms with E-state index in [9.17, 15) is 14.7 Å². The number of carboxylic acid groups (broad SMARTS) is 1. The number of aliphatic carboxylic acids is 1. The van der Waals surface area contributed by atoms with Crippen LogP contribution in [0.15, 0.2) is 24.3 Å². The van der Waals surface area contributed by atoms with Gasteiger partial charge < -0.3 is 15.0 Å². The summed E-state index contributed by atoms with van der Waals surface area (Å²) >= 11 is 0. The third-order valence-electron chi connectivity index (χ3n) is 5.00. The second-order valence-corrected chi connectivity index (χ2v) is 8.08. The molecule has 0 spiro atoms. The molecule has 1 amide bonds. The number of rotatable bonds is 2. The lowest BCUT2D eigenvalue weighted by Gasteiger charge is -2.19. The van der Waals surface area contributed by atoms with Crippen LogP contribution in [0.2, 0.25) is 0 Å². The molecule has 128 valence electrons. The van der Waals surface area contributed by atoms with Crippen molar-refractivity contribution in [1.29, 1.82) is 0 Å². The minimum absolute atomic E-state index is 0.0434. The number of nitrogens with one attached hydrogen (secondary N) is 1. The quantitative estimate of drug-likeness (QED) is 0.887. The molecule has 1 aliphatic heterocycles. The van der Waals surface area contributed by atoms with E-state index in [4.69, 9.17) is 0 Å². The monoisotopic (exact) mass is 328 g/mol. The van der Waals surface area contributed by atoms with Gasteiger partial charge in [-0.3, -0.25) is 9.59 Å². The first kappa shape index (κ1) is 16.6. The normalized spacial score (nSPS) is 21.4. The highest BCUT2D eigenvalue weighted by atomic mass is 16.4. The molecule has 0 bridgehead atoms. The Morgan fingerprint density at radius 3 is 2.54 bits per heavy atom. The van der Waals surface area contributed by atoms with Crippen LogP contribution < -0.4 is 0 Å². The molecule has 24 heavy (non-hydrogen) atoms. The van der Waals surface area contributed by atoms with Gasteiger partial charge in [-0.05, 0) is 36.5 Å². The van der Waals surface area contributed by atoms with Crippen LogP contribution in [0.5, 0.6) is 0 Å². The standard InChI is InChI=1S/C19H24N2O3/c1-18(2,3)13-6-5-12-9-15(20-14(12)10-13)16(22)21-8-7-19(4,11-21)17(23)24/h5-6,9-10,20H,7-8,11H2,1-4H3,(H,23,24). The molecule has 2 heterocycles. The average Bonchev–Trinajstić information content (AvgIpc) is 3.09. The van der Waals surface area contributed by atoms with Gasteiger partial charge in [0.25, 0.3) is 5.91 Å². The predicted octanol–water partition coefficient (Wildman–Crippen LogP) is 3.40. The van der Waals surface area contributed by atoms with E-state index in [1.165, 1.54) is 5.56 Å². The maximum atomic E-state index is 12.7. The van der Waals surface area contributed by atoms with Crippen LogP contribution in [-0.2, 0) is 10.2 Å². The SMILES string of the molecule is CC1(C(=O)O)CCN(C(=O)c2cc3ccc(C(C)(C)C)cc3[nH]2)C1. The van der Waals surface area contributed by atoms with Crippen LogP contribution in [-0.4, -0.2) is 40.0 Å². The second-order valence-electron chi connectivity index (χ2n) is 8.08. The van der Waals surface area contributed by atoms with Crippen LogP contribution in [0.1, 0.15) is 50.2 Å². The molecule has 1 aliphatic rings. The Hall–Kier alpha value is -2.30. The molecule has 1 aromatic heterocycles. The van der Waals surface area contributed by atoms with E-state index in [0.29, 0.717) is 18.7 Å². The van der Waals surface area contributed by atoms with Crippen molar-refractivity contribution in [2.24, 2.45) is 5.41 Å². The lowest BCUT2D eigenvalue weighted by molar-refractivity contribution is -0.147. The van der Waals surface area contributed by atoms with E-state index in [2.05, 4.69) is 37.9 Å². The zero-order valence-electron chi connectivity index (χ0n) is 14.6. The molecular weight excluding hydrogens is 304 g/mol. The van der Waals surface area contributed by atoms with Crippen LogP contribution in [0.4, 0.5) is 0 Å². The number of amides is 1. The summed E-state index contributed by atoms with van der Waals surface area (Å²) in [5, 5.41) is 10.3. The summed E-state index contributed by atoms with van der Waals surface area (Å²) in [5.41, 5.74) is 1.86. The maximum absolute atomic E-state index is 12.7. The van der Waals surface area contributed by atoms with E-state index in [1.54, 1.807) is 11.8 Å². The van der Waals surface area contributed by atoms with E-state index in [-0.39, 0.29) is 17.9 Å². The highest BCUT2D eigenvalue weighted by molar-refractivity contribution is 5.98. The summed E-state index contributed by atoms with van der Waals surface area (Å²) in [5.74, 6) is -0.974. The van der Waals surface area contributed by atoms with Gasteiger partial charge in [0.2, 0.25) is 0 Å². The zero-order chi connectivity index (χ0) is 17.7. The van der Waals surface area contributed by atoms with Gasteiger partial charge in [0.1, 0.15) is 5.69 Å². The summed E-state index contributed by atoms with van der Waals surface area (Å²) in [7, 11) is 0. The van der Waals surface area contributed by atoms with Crippen molar-refractivity contribution in [2.75, 3.05) is 13.1 Å². The van der Waals surface area contributed by atoms with Crippen molar-refractivity contribution in [3.8, 4) is 0 Å². The summed E-state index contributed by atoms with van der Waals surface area (Å²) in [6.07, 6.45) is 0.489. The Morgan fingerprint density at radius 2 is 1.96 bits per heavy atom. The van der Waals surface area contributed by atoms with Crippen molar-refractivity contribution >= 4 is 22.8 Å². The van der Waals surface area contributed by atoms with Crippen LogP contribution in [0, 0.1) is 5.41 Å². The molecule has 1 saturated heterocycles. The molecule has 1 unspecified atom stereocenters. The summed E-state index contributed by atoms with van der Waals surface area (Å²) in [4.78, 5) is 28.9. The molecular formula is C19H24N2O3. The molecule has 2 N–H and O–H groups in total. The van der Waals surface area contributed by atoms with Gasteiger partial charge in [0.05, 0.1) is 5.41 Å². The lowest BCUT2D eigenvalue weighted by Crippen LogP contribution is -2.35. The number of aromatic nitrogens is 1. The largest absolute Gasteiger partial charge is 0.481 e. The van der Waals surface area contributed by atoms with Gasteiger partial charge in [-0.1, -0.05) is 32.9 Å². The van der Waals surface area contributed by atoms with Gasteiger partial charge >= 0.3 is 5.97 Å². The number of carboxylic acids is 1. The Kier molecular flexibility index (Phi) is 3.70. The lowest BCUT2D eigenvalue weighted by atomic mass is 9.87. The minimum Gasteiger partial charge on any atom is -0.481 e. The van der Waals surface area contributed by atoms with Gasteiger partial charge in [-0.15, -0.1) is 0 Å². The Labute approximate surface area is 141 Å². The van der Waals surface area contributed by atoms with Gasteiger partial charge in [0, 0.05) is 24.0 Å². The first-order valence-corrected chi connectivity index (χ1v) is 8.26. The number of nitrogens with zero attached hydrogens (tertiary/aromatic N) is 1. The fourth-order valence-corrected chi connectivity index (χ4v) is 3.19. The first-order chi connectivity index (χ1) is 11.1. The molecule has 1 fully saturated rings. The predicted molar refractivity (Wildman–Crippen MR) is 93.3 cm³/mol. The molecule has 3 rings (SSSR count). The third kappa shape index (κ3) is 2.79. The van der Waals surface area contributed by atoms with Crippen LogP contribution >= 0.6 is 0 Å². The smallest absolute Gasteiger partial charge is 0.311 e. The molecule has 0 saturated carbocycles. The number of benzene rings is 1. The number of likely N-dealkylation sites (tertiary alicyclic amines) is 1. The van der Waals surface area contributed by atoms with E-state index in [1.807, 2.05) is 12.1 Å². The topological polar surface area (TPSA) is 73.4 Å². The maximum Gasteiger partial charge on any atom is 0.311 e. The fourth-order valence-electron chi connectivity index (χ4n) is 3.19. The van der Waals surface area contributed by atoms with Crippen molar-refractivity contribution in [1.82, 2.24) is 9.88 Å². The summed E-state index contributed by atoms with van der Waals surface area (Å²) < 4.78 is 0. The number of hydrogen-bond donors (Lipinski definition) is 2. The van der Waals surface area contributed by atoms with E-state index < -0.39 is 11.4 Å². The average molecular weight is 328 g/mol. The van der Waals surface area contributed by atoms with Crippen molar-refractivity contribution in [2.45, 2.75) is 39.5 Å². The fraction of sp³-hybridized carbons (Fsp3) is 0.474. The number of hydrogen-bond acceptors (Lipinski definition) is 2. The zero-order valence-corrected chi connectivity index (χ0v) is 14.6. The molecule has 5 heteroatoms. The third-order valence-corrected chi connectivity index (χ3v) is 5.00. The van der Waals surface area contributed by atoms with Crippen molar-refractivity contribution < 1.29 is 14.7 Å². The first-order valence-electron chi connectivity index (χ1n) is 8.26. The summed E-state index contributed by atoms with van der Waals surface area (Å²) in [6, 6.07) is 8.04. The number of carbonyl (C=O) groups is 2. The van der Waals surface area contributed by atoms with Crippen molar-refractivity contribution in [3.05, 3.63) is 35.5 Å². The molecule has 0 radical (unpaired) electrons. The van der Waals surface area contributed by atoms with Crippen LogP contribution in [0.25, 0.3) is 10.9 Å². The van der Waals surface area contributed by atoms with Gasteiger partial charge in [0.15, 0.2) is 0 Å². The van der Waals surface area contributed by atoms with Crippen LogP contribution in [0.3, 0.4) is 0 Å². The molecule has 5 nitrogen and oxygen atoms in total. The second kappa shape index (κ2) is 5.36. The Balaban J connectivity index is 1.87. The molecule has 1 atom stereocenters. The minimum atomic E-state index is -0.846. The Bertz CT molecular complexity index is 816. The number of H-pyrrole nitrogens is 1. The van der Waals surface area contributed by atoms with Gasteiger partial charge in [-0.25, -0.2) is 0 Å². The molecule has 1 aromatic carbocycles. The molecule has 2 aromatic rings. The number of fused-ring (bicyclic) bond motifs is 1. The Morgan fingerprint density at radius 1 is 1.25 bits per heavy atom.